The lowest BCUT2D eigenvalue weighted by Gasteiger charge is -2.08. The average molecular weight is 283 g/mol. The number of ether oxygens (including phenoxy) is 1. The first-order chi connectivity index (χ1) is 9.16. The van der Waals surface area contributed by atoms with Crippen molar-refractivity contribution < 1.29 is 13.5 Å². The molecular weight excluding hydrogens is 268 g/mol. The van der Waals surface area contributed by atoms with Crippen LogP contribution in [0.4, 0.5) is 8.78 Å². The fraction of sp³-hybridized carbons (Fsp3) is 0.286. The van der Waals surface area contributed by atoms with Crippen LogP contribution in [0.2, 0.25) is 0 Å². The van der Waals surface area contributed by atoms with Gasteiger partial charge in [-0.2, -0.15) is 0 Å². The first kappa shape index (κ1) is 14.0. The predicted octanol–water partition coefficient (Wildman–Crippen LogP) is 3.50. The molecule has 102 valence electrons. The van der Waals surface area contributed by atoms with Gasteiger partial charge in [0.25, 0.3) is 0 Å². The predicted molar refractivity (Wildman–Crippen MR) is 72.6 cm³/mol. The molecule has 0 saturated heterocycles. The monoisotopic (exact) mass is 283 g/mol. The summed E-state index contributed by atoms with van der Waals surface area (Å²) in [6.45, 7) is 3.79. The second-order valence-corrected chi connectivity index (χ2v) is 5.13. The van der Waals surface area contributed by atoms with Crippen LogP contribution in [0.3, 0.4) is 0 Å². The number of hydrogen-bond acceptors (Lipinski definition) is 3. The Balaban J connectivity index is 1.71. The fourth-order valence-corrected chi connectivity index (χ4v) is 2.49. The Morgan fingerprint density at radius 1 is 1.26 bits per heavy atom. The molecule has 0 saturated carbocycles. The maximum atomic E-state index is 13.3. The van der Waals surface area contributed by atoms with Crippen molar-refractivity contribution >= 4 is 11.3 Å². The molecule has 0 unspecified atom stereocenters. The summed E-state index contributed by atoms with van der Waals surface area (Å²) in [5, 5.41) is 5.27. The van der Waals surface area contributed by atoms with E-state index in [1.807, 2.05) is 0 Å². The van der Waals surface area contributed by atoms with Crippen LogP contribution in [-0.2, 0) is 6.54 Å². The van der Waals surface area contributed by atoms with Crippen molar-refractivity contribution in [3.8, 4) is 5.75 Å². The average Bonchev–Trinajstić information content (AvgIpc) is 2.77. The maximum Gasteiger partial charge on any atom is 0.167 e. The summed E-state index contributed by atoms with van der Waals surface area (Å²) in [6, 6.07) is 5.37. The van der Waals surface area contributed by atoms with Gasteiger partial charge in [-0.25, -0.2) is 8.78 Å². The van der Waals surface area contributed by atoms with E-state index in [0.29, 0.717) is 13.2 Å². The van der Waals surface area contributed by atoms with Crippen molar-refractivity contribution in [1.29, 1.82) is 0 Å². The number of hydrogen-bond donors (Lipinski definition) is 1. The van der Waals surface area contributed by atoms with Crippen LogP contribution in [-0.4, -0.2) is 13.2 Å². The summed E-state index contributed by atoms with van der Waals surface area (Å²) >= 11 is 1.70. The van der Waals surface area contributed by atoms with E-state index in [2.05, 4.69) is 23.7 Å². The molecule has 0 fully saturated rings. The SMILES string of the molecule is Cc1ccsc1CNCCOc1ccc(F)cc1F. The lowest BCUT2D eigenvalue weighted by Crippen LogP contribution is -2.20. The van der Waals surface area contributed by atoms with Crippen molar-refractivity contribution in [3.05, 3.63) is 51.7 Å². The van der Waals surface area contributed by atoms with Crippen LogP contribution < -0.4 is 10.1 Å². The molecule has 2 rings (SSSR count). The zero-order valence-corrected chi connectivity index (χ0v) is 11.4. The molecular formula is C14H15F2NOS. The molecule has 0 aliphatic carbocycles. The van der Waals surface area contributed by atoms with Gasteiger partial charge in [0, 0.05) is 24.0 Å². The molecule has 2 aromatic rings. The van der Waals surface area contributed by atoms with E-state index in [4.69, 9.17) is 4.74 Å². The first-order valence-corrected chi connectivity index (χ1v) is 6.86. The van der Waals surface area contributed by atoms with E-state index in [9.17, 15) is 8.78 Å². The number of nitrogens with one attached hydrogen (secondary N) is 1. The topological polar surface area (TPSA) is 21.3 Å². The normalized spacial score (nSPS) is 10.7. The van der Waals surface area contributed by atoms with Crippen molar-refractivity contribution in [3.63, 3.8) is 0 Å². The van der Waals surface area contributed by atoms with Crippen LogP contribution in [0, 0.1) is 18.6 Å². The van der Waals surface area contributed by atoms with Gasteiger partial charge in [0.1, 0.15) is 12.4 Å². The zero-order valence-electron chi connectivity index (χ0n) is 10.6. The van der Waals surface area contributed by atoms with E-state index >= 15 is 0 Å². The van der Waals surface area contributed by atoms with Gasteiger partial charge in [0.15, 0.2) is 11.6 Å². The highest BCUT2D eigenvalue weighted by Crippen LogP contribution is 2.17. The lowest BCUT2D eigenvalue weighted by atomic mass is 10.3. The molecule has 0 aliphatic rings. The summed E-state index contributed by atoms with van der Waals surface area (Å²) in [7, 11) is 0. The zero-order chi connectivity index (χ0) is 13.7. The molecule has 5 heteroatoms. The van der Waals surface area contributed by atoms with Crippen molar-refractivity contribution in [1.82, 2.24) is 5.32 Å². The Morgan fingerprint density at radius 2 is 2.11 bits per heavy atom. The van der Waals surface area contributed by atoms with Gasteiger partial charge in [-0.3, -0.25) is 0 Å². The Kier molecular flexibility index (Phi) is 4.87. The number of thiophene rings is 1. The smallest absolute Gasteiger partial charge is 0.167 e. The van der Waals surface area contributed by atoms with Crippen LogP contribution in [0.5, 0.6) is 5.75 Å². The van der Waals surface area contributed by atoms with E-state index in [1.165, 1.54) is 22.6 Å². The van der Waals surface area contributed by atoms with Gasteiger partial charge in [-0.1, -0.05) is 0 Å². The van der Waals surface area contributed by atoms with E-state index in [0.717, 1.165) is 12.6 Å². The maximum absolute atomic E-state index is 13.3. The van der Waals surface area contributed by atoms with Crippen molar-refractivity contribution in [2.24, 2.45) is 0 Å². The molecule has 2 nitrogen and oxygen atoms in total. The standard InChI is InChI=1S/C14H15F2NOS/c1-10-4-7-19-14(10)9-17-5-6-18-13-3-2-11(15)8-12(13)16/h2-4,7-8,17H,5-6,9H2,1H3. The first-order valence-electron chi connectivity index (χ1n) is 5.98. The van der Waals surface area contributed by atoms with Gasteiger partial charge >= 0.3 is 0 Å². The number of benzene rings is 1. The van der Waals surface area contributed by atoms with Gasteiger partial charge in [0.05, 0.1) is 0 Å². The summed E-state index contributed by atoms with van der Waals surface area (Å²) in [5.41, 5.74) is 1.27. The Bertz CT molecular complexity index is 542. The highest BCUT2D eigenvalue weighted by molar-refractivity contribution is 7.10. The van der Waals surface area contributed by atoms with Crippen molar-refractivity contribution in [2.75, 3.05) is 13.2 Å². The molecule has 0 atom stereocenters. The molecule has 1 aromatic carbocycles. The molecule has 0 bridgehead atoms. The van der Waals surface area contributed by atoms with Crippen molar-refractivity contribution in [2.45, 2.75) is 13.5 Å². The molecule has 19 heavy (non-hydrogen) atoms. The summed E-state index contributed by atoms with van der Waals surface area (Å²) in [4.78, 5) is 1.29. The second-order valence-electron chi connectivity index (χ2n) is 4.13. The third-order valence-electron chi connectivity index (χ3n) is 2.68. The third-order valence-corrected chi connectivity index (χ3v) is 3.71. The van der Waals surface area contributed by atoms with Crippen LogP contribution in [0.15, 0.2) is 29.6 Å². The number of aryl methyl sites for hydroxylation is 1. The fourth-order valence-electron chi connectivity index (χ4n) is 1.61. The molecule has 0 spiro atoms. The lowest BCUT2D eigenvalue weighted by molar-refractivity contribution is 0.297. The van der Waals surface area contributed by atoms with Crippen LogP contribution in [0.25, 0.3) is 0 Å². The van der Waals surface area contributed by atoms with E-state index < -0.39 is 11.6 Å². The minimum atomic E-state index is -0.672. The van der Waals surface area contributed by atoms with Crippen LogP contribution in [0.1, 0.15) is 10.4 Å². The molecule has 1 heterocycles. The van der Waals surface area contributed by atoms with Gasteiger partial charge in [0.2, 0.25) is 0 Å². The van der Waals surface area contributed by atoms with Crippen LogP contribution >= 0.6 is 11.3 Å². The van der Waals surface area contributed by atoms with E-state index in [1.54, 1.807) is 11.3 Å². The summed E-state index contributed by atoms with van der Waals surface area (Å²) in [6.07, 6.45) is 0. The highest BCUT2D eigenvalue weighted by Gasteiger charge is 2.04. The highest BCUT2D eigenvalue weighted by atomic mass is 32.1. The third kappa shape index (κ3) is 4.01. The largest absolute Gasteiger partial charge is 0.489 e. The minimum Gasteiger partial charge on any atom is -0.489 e. The molecule has 0 aliphatic heterocycles. The summed E-state index contributed by atoms with van der Waals surface area (Å²) < 4.78 is 31.2. The van der Waals surface area contributed by atoms with Gasteiger partial charge in [-0.05, 0) is 36.1 Å². The Labute approximate surface area is 115 Å². The molecule has 1 N–H and O–H groups in total. The van der Waals surface area contributed by atoms with Gasteiger partial charge < -0.3 is 10.1 Å². The molecule has 0 amide bonds. The minimum absolute atomic E-state index is 0.0792. The number of halogens is 2. The molecule has 1 aromatic heterocycles. The number of rotatable bonds is 6. The van der Waals surface area contributed by atoms with E-state index in [-0.39, 0.29) is 5.75 Å². The Morgan fingerprint density at radius 3 is 2.79 bits per heavy atom. The second kappa shape index (κ2) is 6.63. The Hall–Kier alpha value is -1.46. The van der Waals surface area contributed by atoms with Gasteiger partial charge in [-0.15, -0.1) is 11.3 Å². The summed E-state index contributed by atoms with van der Waals surface area (Å²) in [5.74, 6) is -1.19. The quantitative estimate of drug-likeness (QED) is 0.819. The molecule has 0 radical (unpaired) electrons.